The fraction of sp³-hybridized carbons (Fsp3) is 0.389. The van der Waals surface area contributed by atoms with E-state index in [9.17, 15) is 4.79 Å². The van der Waals surface area contributed by atoms with Crippen LogP contribution >= 0.6 is 15.9 Å². The van der Waals surface area contributed by atoms with Crippen molar-refractivity contribution < 1.29 is 4.79 Å². The molecule has 0 radical (unpaired) electrons. The van der Waals surface area contributed by atoms with Crippen molar-refractivity contribution in [1.29, 1.82) is 0 Å². The van der Waals surface area contributed by atoms with E-state index in [0.29, 0.717) is 11.7 Å². The van der Waals surface area contributed by atoms with E-state index < -0.39 is 0 Å². The number of carbonyl (C=O) groups is 1. The lowest BCUT2D eigenvalue weighted by atomic mass is 10.0. The Labute approximate surface area is 150 Å². The summed E-state index contributed by atoms with van der Waals surface area (Å²) < 4.78 is 0.835. The standard InChI is InChI=1S/C18H21BrN4O/c1-2-13-7-5-6-12-23(13)17-11-10-16(21-22-17)18(24)20-15-9-4-3-8-14(15)19/h3-4,8-11,13H,2,5-7,12H2,1H3,(H,20,24). The van der Waals surface area contributed by atoms with Crippen LogP contribution in [0.4, 0.5) is 11.5 Å². The second-order valence-corrected chi connectivity index (χ2v) is 6.82. The Bertz CT molecular complexity index is 704. The minimum absolute atomic E-state index is 0.258. The minimum atomic E-state index is -0.258. The number of benzene rings is 1. The van der Waals surface area contributed by atoms with Gasteiger partial charge in [-0.1, -0.05) is 19.1 Å². The Hall–Kier alpha value is -1.95. The van der Waals surface area contributed by atoms with Gasteiger partial charge in [-0.2, -0.15) is 0 Å². The molecule has 0 aliphatic carbocycles. The second kappa shape index (κ2) is 7.75. The number of para-hydroxylation sites is 1. The van der Waals surface area contributed by atoms with Crippen LogP contribution in [-0.4, -0.2) is 28.7 Å². The van der Waals surface area contributed by atoms with Gasteiger partial charge in [0.25, 0.3) is 5.91 Å². The highest BCUT2D eigenvalue weighted by Gasteiger charge is 2.22. The third kappa shape index (κ3) is 3.75. The van der Waals surface area contributed by atoms with Crippen LogP contribution in [0.15, 0.2) is 40.9 Å². The number of piperidine rings is 1. The van der Waals surface area contributed by atoms with Crippen LogP contribution in [-0.2, 0) is 0 Å². The Morgan fingerprint density at radius 3 is 2.79 bits per heavy atom. The van der Waals surface area contributed by atoms with E-state index in [-0.39, 0.29) is 5.91 Å². The molecule has 1 aromatic heterocycles. The van der Waals surface area contributed by atoms with Crippen LogP contribution in [0.3, 0.4) is 0 Å². The van der Waals surface area contributed by atoms with Crippen molar-refractivity contribution in [3.63, 3.8) is 0 Å². The molecule has 1 aromatic carbocycles. The lowest BCUT2D eigenvalue weighted by Crippen LogP contribution is -2.39. The molecule has 2 heterocycles. The Morgan fingerprint density at radius 2 is 2.08 bits per heavy atom. The Morgan fingerprint density at radius 1 is 1.25 bits per heavy atom. The highest BCUT2D eigenvalue weighted by Crippen LogP contribution is 2.25. The first-order valence-corrected chi connectivity index (χ1v) is 9.14. The van der Waals surface area contributed by atoms with Crippen molar-refractivity contribution in [2.24, 2.45) is 0 Å². The largest absolute Gasteiger partial charge is 0.352 e. The molecule has 24 heavy (non-hydrogen) atoms. The van der Waals surface area contributed by atoms with E-state index in [0.717, 1.165) is 28.9 Å². The molecule has 5 nitrogen and oxygen atoms in total. The van der Waals surface area contributed by atoms with Gasteiger partial charge < -0.3 is 10.2 Å². The average molecular weight is 389 g/mol. The highest BCUT2D eigenvalue weighted by molar-refractivity contribution is 9.10. The Kier molecular flexibility index (Phi) is 5.45. The molecule has 2 aromatic rings. The number of amides is 1. The number of nitrogens with one attached hydrogen (secondary N) is 1. The number of aromatic nitrogens is 2. The third-order valence-corrected chi connectivity index (χ3v) is 5.09. The summed E-state index contributed by atoms with van der Waals surface area (Å²) in [7, 11) is 0. The number of halogens is 1. The topological polar surface area (TPSA) is 58.1 Å². The summed E-state index contributed by atoms with van der Waals surface area (Å²) in [5, 5.41) is 11.3. The molecule has 1 fully saturated rings. The molecule has 126 valence electrons. The zero-order valence-electron chi connectivity index (χ0n) is 13.7. The van der Waals surface area contributed by atoms with Crippen molar-refractivity contribution in [3.05, 3.63) is 46.6 Å². The number of nitrogens with zero attached hydrogens (tertiary/aromatic N) is 3. The van der Waals surface area contributed by atoms with Crippen molar-refractivity contribution in [2.45, 2.75) is 38.6 Å². The number of carbonyl (C=O) groups excluding carboxylic acids is 1. The zero-order valence-corrected chi connectivity index (χ0v) is 15.3. The predicted molar refractivity (Wildman–Crippen MR) is 99.4 cm³/mol. The molecule has 1 atom stereocenters. The quantitative estimate of drug-likeness (QED) is 0.849. The summed E-state index contributed by atoms with van der Waals surface area (Å²) in [5.74, 6) is 0.602. The molecular weight excluding hydrogens is 368 g/mol. The van der Waals surface area contributed by atoms with Crippen molar-refractivity contribution in [2.75, 3.05) is 16.8 Å². The number of hydrogen-bond donors (Lipinski definition) is 1. The van der Waals surface area contributed by atoms with Crippen LogP contribution in [0.2, 0.25) is 0 Å². The monoisotopic (exact) mass is 388 g/mol. The first-order chi connectivity index (χ1) is 11.7. The first-order valence-electron chi connectivity index (χ1n) is 8.35. The molecule has 1 unspecified atom stereocenters. The second-order valence-electron chi connectivity index (χ2n) is 5.96. The van der Waals surface area contributed by atoms with E-state index in [1.807, 2.05) is 30.3 Å². The molecular formula is C18H21BrN4O. The smallest absolute Gasteiger partial charge is 0.276 e. The molecule has 6 heteroatoms. The van der Waals surface area contributed by atoms with Crippen molar-refractivity contribution in [1.82, 2.24) is 10.2 Å². The average Bonchev–Trinajstić information content (AvgIpc) is 2.63. The van der Waals surface area contributed by atoms with Gasteiger partial charge in [0.2, 0.25) is 0 Å². The molecule has 3 rings (SSSR count). The first kappa shape index (κ1) is 16.9. The maximum absolute atomic E-state index is 12.3. The molecule has 1 saturated heterocycles. The van der Waals surface area contributed by atoms with E-state index >= 15 is 0 Å². The fourth-order valence-corrected chi connectivity index (χ4v) is 3.46. The van der Waals surface area contributed by atoms with E-state index in [2.05, 4.69) is 43.3 Å². The normalized spacial score (nSPS) is 17.6. The summed E-state index contributed by atoms with van der Waals surface area (Å²) >= 11 is 3.42. The van der Waals surface area contributed by atoms with Crippen LogP contribution in [0, 0.1) is 0 Å². The summed E-state index contributed by atoms with van der Waals surface area (Å²) in [6, 6.07) is 11.7. The molecule has 0 saturated carbocycles. The number of rotatable bonds is 4. The Balaban J connectivity index is 1.72. The molecule has 0 bridgehead atoms. The predicted octanol–water partition coefficient (Wildman–Crippen LogP) is 4.26. The minimum Gasteiger partial charge on any atom is -0.352 e. The summed E-state index contributed by atoms with van der Waals surface area (Å²) in [6.07, 6.45) is 4.76. The highest BCUT2D eigenvalue weighted by atomic mass is 79.9. The molecule has 1 aliphatic heterocycles. The van der Waals surface area contributed by atoms with Gasteiger partial charge in [0.1, 0.15) is 0 Å². The summed E-state index contributed by atoms with van der Waals surface area (Å²) in [6.45, 7) is 3.21. The molecule has 1 aliphatic rings. The van der Waals surface area contributed by atoms with Crippen LogP contribution in [0.5, 0.6) is 0 Å². The van der Waals surface area contributed by atoms with Gasteiger partial charge in [0.05, 0.1) is 5.69 Å². The number of anilines is 2. The van der Waals surface area contributed by atoms with Crippen molar-refractivity contribution >= 4 is 33.3 Å². The van der Waals surface area contributed by atoms with Gasteiger partial charge in [-0.15, -0.1) is 10.2 Å². The molecule has 1 amide bonds. The SMILES string of the molecule is CCC1CCCCN1c1ccc(C(=O)Nc2ccccc2Br)nn1. The lowest BCUT2D eigenvalue weighted by molar-refractivity contribution is 0.102. The summed E-state index contributed by atoms with van der Waals surface area (Å²) in [4.78, 5) is 14.6. The zero-order chi connectivity index (χ0) is 16.9. The van der Waals surface area contributed by atoms with E-state index in [1.165, 1.54) is 19.3 Å². The van der Waals surface area contributed by atoms with Gasteiger partial charge in [0, 0.05) is 17.1 Å². The van der Waals surface area contributed by atoms with Crippen LogP contribution in [0.1, 0.15) is 43.1 Å². The molecule has 1 N–H and O–H groups in total. The fourth-order valence-electron chi connectivity index (χ4n) is 3.08. The summed E-state index contributed by atoms with van der Waals surface area (Å²) in [5.41, 5.74) is 1.04. The van der Waals surface area contributed by atoms with Gasteiger partial charge in [-0.3, -0.25) is 4.79 Å². The van der Waals surface area contributed by atoms with Gasteiger partial charge in [-0.25, -0.2) is 0 Å². The van der Waals surface area contributed by atoms with Gasteiger partial charge in [0.15, 0.2) is 11.5 Å². The lowest BCUT2D eigenvalue weighted by Gasteiger charge is -2.35. The maximum Gasteiger partial charge on any atom is 0.276 e. The van der Waals surface area contributed by atoms with Gasteiger partial charge >= 0.3 is 0 Å². The molecule has 0 spiro atoms. The third-order valence-electron chi connectivity index (χ3n) is 4.40. The van der Waals surface area contributed by atoms with E-state index in [4.69, 9.17) is 0 Å². The van der Waals surface area contributed by atoms with Crippen molar-refractivity contribution in [3.8, 4) is 0 Å². The van der Waals surface area contributed by atoms with E-state index in [1.54, 1.807) is 6.07 Å². The van der Waals surface area contributed by atoms with Crippen LogP contribution in [0.25, 0.3) is 0 Å². The number of hydrogen-bond acceptors (Lipinski definition) is 4. The van der Waals surface area contributed by atoms with Crippen LogP contribution < -0.4 is 10.2 Å². The maximum atomic E-state index is 12.3. The van der Waals surface area contributed by atoms with Gasteiger partial charge in [-0.05, 0) is 65.9 Å².